The molecule has 3 rings (SSSR count). The molecule has 0 aromatic heterocycles. The summed E-state index contributed by atoms with van der Waals surface area (Å²) in [4.78, 5) is 0.259. The number of hydrogen-bond acceptors (Lipinski definition) is 4. The van der Waals surface area contributed by atoms with Crippen molar-refractivity contribution in [1.29, 1.82) is 0 Å². The molecule has 1 aliphatic rings. The van der Waals surface area contributed by atoms with E-state index >= 15 is 0 Å². The van der Waals surface area contributed by atoms with E-state index in [1.807, 2.05) is 6.07 Å². The molecule has 146 valence electrons. The van der Waals surface area contributed by atoms with Crippen molar-refractivity contribution in [3.63, 3.8) is 0 Å². The molecule has 0 saturated heterocycles. The lowest BCUT2D eigenvalue weighted by Gasteiger charge is -2.19. The standard InChI is InChI=1S/C21H27NO3S2/c1-16-7-9-17(10-8-16)15-26-12-11-22-27(23,24)21-14-19-6-4-3-5-18(19)13-20(21)25-2/h7-10,13-14,22H,3-6,11-12,15H2,1-2H3. The Morgan fingerprint density at radius 1 is 1.07 bits per heavy atom. The van der Waals surface area contributed by atoms with Crippen LogP contribution in [0, 0.1) is 6.92 Å². The quantitative estimate of drug-likeness (QED) is 0.672. The normalized spacial score (nSPS) is 14.0. The van der Waals surface area contributed by atoms with E-state index in [1.165, 1.54) is 23.8 Å². The summed E-state index contributed by atoms with van der Waals surface area (Å²) in [6.45, 7) is 2.47. The molecule has 0 atom stereocenters. The van der Waals surface area contributed by atoms with Crippen LogP contribution in [0.15, 0.2) is 41.3 Å². The van der Waals surface area contributed by atoms with Crippen LogP contribution in [0.2, 0.25) is 0 Å². The van der Waals surface area contributed by atoms with Crippen LogP contribution in [0.25, 0.3) is 0 Å². The van der Waals surface area contributed by atoms with E-state index in [1.54, 1.807) is 17.8 Å². The third-order valence-corrected chi connectivity index (χ3v) is 7.36. The van der Waals surface area contributed by atoms with Gasteiger partial charge in [0.05, 0.1) is 7.11 Å². The molecular formula is C21H27NO3S2. The Kier molecular flexibility index (Phi) is 6.84. The predicted molar refractivity (Wildman–Crippen MR) is 112 cm³/mol. The van der Waals surface area contributed by atoms with Crippen molar-refractivity contribution in [2.75, 3.05) is 19.4 Å². The van der Waals surface area contributed by atoms with Crippen LogP contribution in [-0.4, -0.2) is 27.8 Å². The number of thioether (sulfide) groups is 1. The summed E-state index contributed by atoms with van der Waals surface area (Å²) in [6.07, 6.45) is 4.20. The second kappa shape index (κ2) is 9.13. The van der Waals surface area contributed by atoms with Gasteiger partial charge in [0.25, 0.3) is 0 Å². The zero-order valence-electron chi connectivity index (χ0n) is 16.0. The summed E-state index contributed by atoms with van der Waals surface area (Å²) in [5.41, 5.74) is 4.85. The Labute approximate surface area is 166 Å². The van der Waals surface area contributed by atoms with Gasteiger partial charge in [-0.1, -0.05) is 29.8 Å². The van der Waals surface area contributed by atoms with E-state index < -0.39 is 10.0 Å². The minimum Gasteiger partial charge on any atom is -0.495 e. The van der Waals surface area contributed by atoms with Gasteiger partial charge >= 0.3 is 0 Å². The van der Waals surface area contributed by atoms with Crippen molar-refractivity contribution >= 4 is 21.8 Å². The van der Waals surface area contributed by atoms with Gasteiger partial charge in [-0.2, -0.15) is 11.8 Å². The first-order valence-electron chi connectivity index (χ1n) is 9.32. The second-order valence-corrected chi connectivity index (χ2v) is 9.76. The fourth-order valence-corrected chi connectivity index (χ4v) is 5.49. The molecule has 2 aromatic carbocycles. The van der Waals surface area contributed by atoms with Crippen LogP contribution in [-0.2, 0) is 28.6 Å². The average Bonchev–Trinajstić information content (AvgIpc) is 2.68. The molecule has 0 heterocycles. The van der Waals surface area contributed by atoms with Crippen molar-refractivity contribution in [3.05, 3.63) is 58.7 Å². The molecule has 1 N–H and O–H groups in total. The van der Waals surface area contributed by atoms with E-state index in [-0.39, 0.29) is 4.90 Å². The van der Waals surface area contributed by atoms with Crippen LogP contribution < -0.4 is 9.46 Å². The number of benzene rings is 2. The number of hydrogen-bond donors (Lipinski definition) is 1. The zero-order chi connectivity index (χ0) is 19.3. The second-order valence-electron chi connectivity index (χ2n) is 6.91. The largest absolute Gasteiger partial charge is 0.495 e. The Hall–Kier alpha value is -1.50. The number of rotatable bonds is 8. The maximum absolute atomic E-state index is 12.8. The molecule has 0 amide bonds. The van der Waals surface area contributed by atoms with E-state index in [0.717, 1.165) is 42.8 Å². The molecule has 4 nitrogen and oxygen atoms in total. The molecule has 0 bridgehead atoms. The molecule has 0 fully saturated rings. The highest BCUT2D eigenvalue weighted by Gasteiger charge is 2.22. The summed E-state index contributed by atoms with van der Waals surface area (Å²) < 4.78 is 33.6. The lowest BCUT2D eigenvalue weighted by molar-refractivity contribution is 0.401. The summed E-state index contributed by atoms with van der Waals surface area (Å²) in [6, 6.07) is 12.1. The first kappa shape index (κ1) is 20.2. The Morgan fingerprint density at radius 3 is 2.41 bits per heavy atom. The number of fused-ring (bicyclic) bond motifs is 1. The monoisotopic (exact) mass is 405 g/mol. The van der Waals surface area contributed by atoms with Crippen LogP contribution in [0.4, 0.5) is 0 Å². The van der Waals surface area contributed by atoms with Crippen molar-refractivity contribution in [1.82, 2.24) is 4.72 Å². The van der Waals surface area contributed by atoms with E-state index in [9.17, 15) is 8.42 Å². The Morgan fingerprint density at radius 2 is 1.74 bits per heavy atom. The van der Waals surface area contributed by atoms with Crippen LogP contribution in [0.5, 0.6) is 5.75 Å². The maximum Gasteiger partial charge on any atom is 0.244 e. The van der Waals surface area contributed by atoms with E-state index in [4.69, 9.17) is 4.74 Å². The highest BCUT2D eigenvalue weighted by molar-refractivity contribution is 7.98. The lowest BCUT2D eigenvalue weighted by Crippen LogP contribution is -2.27. The highest BCUT2D eigenvalue weighted by atomic mass is 32.2. The number of aryl methyl sites for hydroxylation is 3. The van der Waals surface area contributed by atoms with Gasteiger partial charge in [0.1, 0.15) is 10.6 Å². The van der Waals surface area contributed by atoms with Gasteiger partial charge in [-0.15, -0.1) is 0 Å². The van der Waals surface area contributed by atoms with Crippen molar-refractivity contribution in [2.45, 2.75) is 43.3 Å². The molecule has 27 heavy (non-hydrogen) atoms. The minimum absolute atomic E-state index is 0.259. The Balaban J connectivity index is 1.58. The average molecular weight is 406 g/mol. The number of sulfonamides is 1. The molecule has 0 aliphatic heterocycles. The lowest BCUT2D eigenvalue weighted by atomic mass is 9.92. The van der Waals surface area contributed by atoms with Gasteiger partial charge in [-0.25, -0.2) is 13.1 Å². The SMILES string of the molecule is COc1cc2c(cc1S(=O)(=O)NCCSCc1ccc(C)cc1)CCCC2. The third-order valence-electron chi connectivity index (χ3n) is 4.85. The van der Waals surface area contributed by atoms with Gasteiger partial charge in [0, 0.05) is 18.1 Å². The van der Waals surface area contributed by atoms with Gasteiger partial charge in [0.2, 0.25) is 10.0 Å². The first-order valence-corrected chi connectivity index (χ1v) is 12.0. The third kappa shape index (κ3) is 5.27. The minimum atomic E-state index is -3.58. The van der Waals surface area contributed by atoms with Crippen molar-refractivity contribution < 1.29 is 13.2 Å². The molecule has 6 heteroatoms. The van der Waals surface area contributed by atoms with Crippen LogP contribution in [0.3, 0.4) is 0 Å². The molecule has 1 aliphatic carbocycles. The van der Waals surface area contributed by atoms with Gasteiger partial charge in [0.15, 0.2) is 0 Å². The topological polar surface area (TPSA) is 55.4 Å². The summed E-state index contributed by atoms with van der Waals surface area (Å²) in [5, 5.41) is 0. The highest BCUT2D eigenvalue weighted by Crippen LogP contribution is 2.31. The molecule has 0 radical (unpaired) electrons. The molecule has 2 aromatic rings. The van der Waals surface area contributed by atoms with Crippen molar-refractivity contribution in [3.8, 4) is 5.75 Å². The summed E-state index contributed by atoms with van der Waals surface area (Å²) in [7, 11) is -2.05. The smallest absolute Gasteiger partial charge is 0.244 e. The van der Waals surface area contributed by atoms with Crippen LogP contribution in [0.1, 0.15) is 35.1 Å². The van der Waals surface area contributed by atoms with Crippen molar-refractivity contribution in [2.24, 2.45) is 0 Å². The van der Waals surface area contributed by atoms with E-state index in [2.05, 4.69) is 35.9 Å². The first-order chi connectivity index (χ1) is 13.0. The maximum atomic E-state index is 12.8. The summed E-state index contributed by atoms with van der Waals surface area (Å²) >= 11 is 1.72. The molecular weight excluding hydrogens is 378 g/mol. The molecule has 0 saturated carbocycles. The van der Waals surface area contributed by atoms with Gasteiger partial charge in [-0.3, -0.25) is 0 Å². The predicted octanol–water partition coefficient (Wildman–Crippen LogP) is 4.09. The van der Waals surface area contributed by atoms with E-state index in [0.29, 0.717) is 12.3 Å². The van der Waals surface area contributed by atoms with Gasteiger partial charge in [-0.05, 0) is 61.4 Å². The van der Waals surface area contributed by atoms with Gasteiger partial charge < -0.3 is 4.74 Å². The fourth-order valence-electron chi connectivity index (χ4n) is 3.31. The Bertz CT molecular complexity index is 877. The molecule has 0 spiro atoms. The fraction of sp³-hybridized carbons (Fsp3) is 0.429. The number of ether oxygens (including phenoxy) is 1. The molecule has 0 unspecified atom stereocenters. The summed E-state index contributed by atoms with van der Waals surface area (Å²) in [5.74, 6) is 2.04. The number of methoxy groups -OCH3 is 1. The zero-order valence-corrected chi connectivity index (χ0v) is 17.6. The van der Waals surface area contributed by atoms with Crippen LogP contribution >= 0.6 is 11.8 Å². The number of nitrogens with one attached hydrogen (secondary N) is 1.